The second-order valence-corrected chi connectivity index (χ2v) is 3.25. The standard InChI is InChI=1S/C9H13N5O2/c1-2-16-9(15)6-7(11)13-14-5(10)3-4-12-8(6)14/h3,12H,2,4,10H2,1H3,(H2,11,13). The third-order valence-corrected chi connectivity index (χ3v) is 2.22. The Balaban J connectivity index is 2.47. The minimum Gasteiger partial charge on any atom is -0.462 e. The number of esters is 1. The lowest BCUT2D eigenvalue weighted by molar-refractivity contribution is 0.0528. The number of ether oxygens (including phenoxy) is 1. The van der Waals surface area contributed by atoms with Crippen LogP contribution in [0, 0.1) is 0 Å². The van der Waals surface area contributed by atoms with Crippen LogP contribution in [0.25, 0.3) is 5.82 Å². The number of nitrogens with one attached hydrogen (secondary N) is 1. The number of hydrogen-bond acceptors (Lipinski definition) is 6. The van der Waals surface area contributed by atoms with Gasteiger partial charge in [-0.2, -0.15) is 4.68 Å². The first kappa shape index (κ1) is 10.3. The molecule has 86 valence electrons. The van der Waals surface area contributed by atoms with Crippen LogP contribution < -0.4 is 16.8 Å². The number of nitrogens with two attached hydrogens (primary N) is 2. The Hall–Kier alpha value is -2.18. The summed E-state index contributed by atoms with van der Waals surface area (Å²) in [6.45, 7) is 2.54. The topological polar surface area (TPSA) is 108 Å². The van der Waals surface area contributed by atoms with E-state index in [1.165, 1.54) is 4.68 Å². The third-order valence-electron chi connectivity index (χ3n) is 2.22. The molecule has 7 heteroatoms. The molecule has 5 N–H and O–H groups in total. The average molecular weight is 223 g/mol. The predicted molar refractivity (Wildman–Crippen MR) is 59.5 cm³/mol. The number of carbonyl (C=O) groups is 1. The first-order valence-corrected chi connectivity index (χ1v) is 4.90. The highest BCUT2D eigenvalue weighted by atomic mass is 16.5. The summed E-state index contributed by atoms with van der Waals surface area (Å²) in [5, 5.41) is 6.96. The second kappa shape index (κ2) is 3.76. The average Bonchev–Trinajstić information content (AvgIpc) is 2.56. The van der Waals surface area contributed by atoms with E-state index in [2.05, 4.69) is 10.4 Å². The molecule has 0 saturated carbocycles. The van der Waals surface area contributed by atoms with Crippen molar-refractivity contribution in [2.45, 2.75) is 6.92 Å². The van der Waals surface area contributed by atoms with Gasteiger partial charge in [-0.1, -0.05) is 0 Å². The van der Waals surface area contributed by atoms with E-state index in [4.69, 9.17) is 16.2 Å². The maximum Gasteiger partial charge on any atom is 0.345 e. The summed E-state index contributed by atoms with van der Waals surface area (Å²) in [6.07, 6.45) is 1.74. The second-order valence-electron chi connectivity index (χ2n) is 3.25. The summed E-state index contributed by atoms with van der Waals surface area (Å²) in [5.74, 6) is 0.537. The van der Waals surface area contributed by atoms with Crippen molar-refractivity contribution in [1.82, 2.24) is 9.78 Å². The zero-order valence-electron chi connectivity index (χ0n) is 8.86. The Morgan fingerprint density at radius 3 is 3.12 bits per heavy atom. The Labute approximate surface area is 92.0 Å². The van der Waals surface area contributed by atoms with E-state index in [-0.39, 0.29) is 18.0 Å². The summed E-state index contributed by atoms with van der Waals surface area (Å²) in [5.41, 5.74) is 11.6. The fraction of sp³-hybridized carbons (Fsp3) is 0.333. The van der Waals surface area contributed by atoms with Gasteiger partial charge >= 0.3 is 5.97 Å². The molecule has 0 aliphatic carbocycles. The van der Waals surface area contributed by atoms with Crippen LogP contribution in [-0.4, -0.2) is 28.9 Å². The Kier molecular flexibility index (Phi) is 2.43. The molecule has 0 aromatic carbocycles. The zero-order chi connectivity index (χ0) is 11.7. The number of nitrogen functional groups attached to an aromatic ring is 1. The molecule has 2 heterocycles. The van der Waals surface area contributed by atoms with Gasteiger partial charge in [-0.3, -0.25) is 0 Å². The highest BCUT2D eigenvalue weighted by Gasteiger charge is 2.25. The summed E-state index contributed by atoms with van der Waals surface area (Å²) < 4.78 is 6.29. The highest BCUT2D eigenvalue weighted by molar-refractivity contribution is 6.00. The van der Waals surface area contributed by atoms with Crippen molar-refractivity contribution < 1.29 is 9.53 Å². The quantitative estimate of drug-likeness (QED) is 0.600. The van der Waals surface area contributed by atoms with E-state index in [1.54, 1.807) is 13.0 Å². The van der Waals surface area contributed by atoms with E-state index >= 15 is 0 Å². The van der Waals surface area contributed by atoms with Crippen molar-refractivity contribution >= 4 is 23.4 Å². The van der Waals surface area contributed by atoms with Crippen LogP contribution >= 0.6 is 0 Å². The molecule has 1 aliphatic heterocycles. The Morgan fingerprint density at radius 2 is 2.44 bits per heavy atom. The molecular weight excluding hydrogens is 210 g/mol. The van der Waals surface area contributed by atoms with Crippen molar-refractivity contribution in [3.05, 3.63) is 11.6 Å². The van der Waals surface area contributed by atoms with Gasteiger partial charge in [-0.15, -0.1) is 5.10 Å². The van der Waals surface area contributed by atoms with Crippen LogP contribution in [0.3, 0.4) is 0 Å². The van der Waals surface area contributed by atoms with Gasteiger partial charge < -0.3 is 21.5 Å². The van der Waals surface area contributed by atoms with E-state index in [0.29, 0.717) is 18.2 Å². The number of carbonyl (C=O) groups excluding carboxylic acids is 1. The number of aromatic nitrogens is 2. The largest absolute Gasteiger partial charge is 0.462 e. The van der Waals surface area contributed by atoms with Gasteiger partial charge in [0.1, 0.15) is 17.2 Å². The number of nitrogens with zero attached hydrogens (tertiary/aromatic N) is 2. The number of anilines is 2. The molecule has 1 aliphatic rings. The van der Waals surface area contributed by atoms with Crippen molar-refractivity contribution in [3.8, 4) is 0 Å². The number of hydrogen-bond donors (Lipinski definition) is 3. The molecule has 0 atom stereocenters. The number of fused-ring (bicyclic) bond motifs is 1. The molecule has 0 unspecified atom stereocenters. The van der Waals surface area contributed by atoms with E-state index < -0.39 is 5.97 Å². The summed E-state index contributed by atoms with van der Waals surface area (Å²) in [7, 11) is 0. The van der Waals surface area contributed by atoms with Crippen LogP contribution in [0.5, 0.6) is 0 Å². The van der Waals surface area contributed by atoms with Gasteiger partial charge in [0.2, 0.25) is 0 Å². The molecule has 7 nitrogen and oxygen atoms in total. The highest BCUT2D eigenvalue weighted by Crippen LogP contribution is 2.26. The maximum atomic E-state index is 11.6. The fourth-order valence-electron chi connectivity index (χ4n) is 1.53. The third kappa shape index (κ3) is 1.46. The van der Waals surface area contributed by atoms with Crippen LogP contribution in [-0.2, 0) is 4.74 Å². The Bertz CT molecular complexity index is 463. The zero-order valence-corrected chi connectivity index (χ0v) is 8.86. The fourth-order valence-corrected chi connectivity index (χ4v) is 1.53. The van der Waals surface area contributed by atoms with Crippen LogP contribution in [0.1, 0.15) is 17.3 Å². The van der Waals surface area contributed by atoms with Gasteiger partial charge in [0.25, 0.3) is 0 Å². The smallest absolute Gasteiger partial charge is 0.345 e. The van der Waals surface area contributed by atoms with E-state index in [1.807, 2.05) is 0 Å². The van der Waals surface area contributed by atoms with E-state index in [0.717, 1.165) is 0 Å². The molecule has 0 saturated heterocycles. The lowest BCUT2D eigenvalue weighted by Crippen LogP contribution is -2.20. The van der Waals surface area contributed by atoms with Crippen molar-refractivity contribution in [3.63, 3.8) is 0 Å². The van der Waals surface area contributed by atoms with Crippen LogP contribution in [0.2, 0.25) is 0 Å². The summed E-state index contributed by atoms with van der Waals surface area (Å²) in [4.78, 5) is 11.6. The SMILES string of the molecule is CCOC(=O)c1c(N)nn2c1NCC=C2N. The lowest BCUT2D eigenvalue weighted by atomic mass is 10.3. The van der Waals surface area contributed by atoms with Crippen molar-refractivity contribution in [2.75, 3.05) is 24.2 Å². The van der Waals surface area contributed by atoms with Crippen molar-refractivity contribution in [2.24, 2.45) is 5.73 Å². The first-order valence-electron chi connectivity index (χ1n) is 4.90. The molecule has 0 spiro atoms. The van der Waals surface area contributed by atoms with Gasteiger partial charge in [-0.25, -0.2) is 4.79 Å². The van der Waals surface area contributed by atoms with Gasteiger partial charge in [0.05, 0.1) is 6.61 Å². The van der Waals surface area contributed by atoms with Crippen LogP contribution in [0.4, 0.5) is 11.6 Å². The Morgan fingerprint density at radius 1 is 1.69 bits per heavy atom. The van der Waals surface area contributed by atoms with Crippen LogP contribution in [0.15, 0.2) is 6.08 Å². The van der Waals surface area contributed by atoms with Gasteiger partial charge in [0, 0.05) is 6.54 Å². The molecule has 0 radical (unpaired) electrons. The minimum atomic E-state index is -0.497. The monoisotopic (exact) mass is 223 g/mol. The molecule has 16 heavy (non-hydrogen) atoms. The van der Waals surface area contributed by atoms with Crippen molar-refractivity contribution in [1.29, 1.82) is 0 Å². The predicted octanol–water partition coefficient (Wildman–Crippen LogP) is -0.175. The molecule has 1 aromatic heterocycles. The van der Waals surface area contributed by atoms with E-state index in [9.17, 15) is 4.79 Å². The number of rotatable bonds is 2. The first-order chi connectivity index (χ1) is 7.65. The maximum absolute atomic E-state index is 11.6. The molecule has 0 amide bonds. The molecule has 0 bridgehead atoms. The normalized spacial score (nSPS) is 13.7. The minimum absolute atomic E-state index is 0.110. The molecular formula is C9H13N5O2. The summed E-state index contributed by atoms with van der Waals surface area (Å²) >= 11 is 0. The summed E-state index contributed by atoms with van der Waals surface area (Å²) in [6, 6.07) is 0. The van der Waals surface area contributed by atoms with Gasteiger partial charge in [-0.05, 0) is 13.0 Å². The van der Waals surface area contributed by atoms with Gasteiger partial charge in [0.15, 0.2) is 5.82 Å². The molecule has 0 fully saturated rings. The molecule has 2 rings (SSSR count). The molecule has 1 aromatic rings. The lowest BCUT2D eigenvalue weighted by Gasteiger charge is -2.14.